The molecule has 0 saturated heterocycles. The number of nitrogens with zero attached hydrogens (tertiary/aromatic N) is 1. The van der Waals surface area contributed by atoms with E-state index in [1.807, 2.05) is 6.92 Å². The fourth-order valence-electron chi connectivity index (χ4n) is 0.310. The lowest BCUT2D eigenvalue weighted by Gasteiger charge is -1.86. The fourth-order valence-corrected chi connectivity index (χ4v) is 0.310. The Morgan fingerprint density at radius 1 is 1.80 bits per heavy atom. The van der Waals surface area contributed by atoms with Crippen molar-refractivity contribution < 1.29 is 9.90 Å². The van der Waals surface area contributed by atoms with Gasteiger partial charge in [-0.15, -0.1) is 0 Å². The molecule has 0 atom stereocenters. The summed E-state index contributed by atoms with van der Waals surface area (Å²) >= 11 is 0. The fraction of sp³-hybridized carbons (Fsp3) is 0.333. The molecule has 0 aromatic carbocycles. The highest BCUT2D eigenvalue weighted by Gasteiger charge is 1.96. The number of allylic oxidation sites excluding steroid dienone is 1. The molecule has 0 aliphatic heterocycles. The van der Waals surface area contributed by atoms with Gasteiger partial charge in [0, 0.05) is 12.8 Å². The molecule has 0 fully saturated rings. The van der Waals surface area contributed by atoms with E-state index in [0.29, 0.717) is 6.54 Å². The van der Waals surface area contributed by atoms with Crippen molar-refractivity contribution >= 4 is 12.2 Å². The van der Waals surface area contributed by atoms with Crippen LogP contribution < -0.4 is 5.73 Å². The number of rotatable bonds is 3. The van der Waals surface area contributed by atoms with Crippen LogP contribution in [0.5, 0.6) is 0 Å². The second-order valence-electron chi connectivity index (χ2n) is 1.58. The third-order valence-corrected chi connectivity index (χ3v) is 0.789. The van der Waals surface area contributed by atoms with Gasteiger partial charge >= 0.3 is 5.97 Å². The molecule has 0 radical (unpaired) electrons. The summed E-state index contributed by atoms with van der Waals surface area (Å²) < 4.78 is 0. The molecule has 4 heteroatoms. The molecule has 0 unspecified atom stereocenters. The van der Waals surface area contributed by atoms with Gasteiger partial charge in [-0.3, -0.25) is 4.99 Å². The van der Waals surface area contributed by atoms with Crippen LogP contribution in [-0.4, -0.2) is 23.8 Å². The van der Waals surface area contributed by atoms with Crippen LogP contribution in [0.15, 0.2) is 16.8 Å². The van der Waals surface area contributed by atoms with Crippen LogP contribution in [0.3, 0.4) is 0 Å². The molecule has 0 aliphatic carbocycles. The predicted molar refractivity (Wildman–Crippen MR) is 38.9 cm³/mol. The second kappa shape index (κ2) is 4.55. The normalized spacial score (nSPS) is 12.3. The zero-order valence-electron chi connectivity index (χ0n) is 5.74. The van der Waals surface area contributed by atoms with Crippen LogP contribution >= 0.6 is 0 Å². The van der Waals surface area contributed by atoms with Crippen molar-refractivity contribution in [1.29, 1.82) is 0 Å². The van der Waals surface area contributed by atoms with Gasteiger partial charge in [0.05, 0.1) is 0 Å². The number of hydrogen-bond acceptors (Lipinski definition) is 3. The van der Waals surface area contributed by atoms with Gasteiger partial charge < -0.3 is 10.8 Å². The van der Waals surface area contributed by atoms with Gasteiger partial charge in [0.2, 0.25) is 0 Å². The van der Waals surface area contributed by atoms with E-state index in [2.05, 4.69) is 4.99 Å². The van der Waals surface area contributed by atoms with Crippen LogP contribution in [0.2, 0.25) is 0 Å². The summed E-state index contributed by atoms with van der Waals surface area (Å²) in [6.45, 7) is 2.48. The molecule has 0 heterocycles. The molecule has 0 rings (SSSR count). The van der Waals surface area contributed by atoms with E-state index in [4.69, 9.17) is 10.8 Å². The van der Waals surface area contributed by atoms with Crippen molar-refractivity contribution in [3.63, 3.8) is 0 Å². The summed E-state index contributed by atoms with van der Waals surface area (Å²) in [5.74, 6) is -1.12. The first-order valence-electron chi connectivity index (χ1n) is 2.87. The number of aliphatic imine (C=N–C) groups is 1. The molecule has 56 valence electrons. The zero-order valence-corrected chi connectivity index (χ0v) is 5.74. The minimum Gasteiger partial charge on any atom is -0.477 e. The molecule has 3 N–H and O–H groups in total. The van der Waals surface area contributed by atoms with Crippen molar-refractivity contribution in [3.05, 3.63) is 11.8 Å². The highest BCUT2D eigenvalue weighted by Crippen LogP contribution is 1.79. The van der Waals surface area contributed by atoms with E-state index < -0.39 is 5.97 Å². The van der Waals surface area contributed by atoms with E-state index in [1.165, 1.54) is 12.3 Å². The largest absolute Gasteiger partial charge is 0.477 e. The van der Waals surface area contributed by atoms with E-state index >= 15 is 0 Å². The predicted octanol–water partition coefficient (Wildman–Crippen LogP) is 0.00430. The van der Waals surface area contributed by atoms with Crippen molar-refractivity contribution in [2.75, 3.05) is 6.54 Å². The summed E-state index contributed by atoms with van der Waals surface area (Å²) in [4.78, 5) is 13.8. The van der Waals surface area contributed by atoms with Gasteiger partial charge in [-0.05, 0) is 13.0 Å². The summed E-state index contributed by atoms with van der Waals surface area (Å²) in [6, 6.07) is 0. The second-order valence-corrected chi connectivity index (χ2v) is 1.58. The molecular formula is C6H10N2O2. The molecule has 0 aromatic heterocycles. The molecule has 0 aromatic rings. The Hall–Kier alpha value is -1.32. The van der Waals surface area contributed by atoms with Crippen LogP contribution in [0, 0.1) is 0 Å². The first kappa shape index (κ1) is 8.68. The number of carboxylic acids is 1. The Balaban J connectivity index is 3.92. The van der Waals surface area contributed by atoms with Crippen LogP contribution in [0.4, 0.5) is 0 Å². The van der Waals surface area contributed by atoms with Crippen molar-refractivity contribution in [2.45, 2.75) is 6.92 Å². The smallest absolute Gasteiger partial charge is 0.351 e. The minimum atomic E-state index is -1.12. The van der Waals surface area contributed by atoms with Crippen molar-refractivity contribution in [1.82, 2.24) is 0 Å². The Morgan fingerprint density at radius 2 is 2.40 bits per heavy atom. The molecule has 10 heavy (non-hydrogen) atoms. The number of hydrogen-bond donors (Lipinski definition) is 2. The Kier molecular flexibility index (Phi) is 3.95. The maximum Gasteiger partial charge on any atom is 0.351 e. The van der Waals surface area contributed by atoms with Gasteiger partial charge in [-0.1, -0.05) is 0 Å². The van der Waals surface area contributed by atoms with Crippen molar-refractivity contribution in [3.8, 4) is 0 Å². The van der Waals surface area contributed by atoms with Crippen molar-refractivity contribution in [2.24, 2.45) is 10.7 Å². The van der Waals surface area contributed by atoms with Crippen LogP contribution in [0.25, 0.3) is 0 Å². The molecule has 4 nitrogen and oxygen atoms in total. The Labute approximate surface area is 59.1 Å². The maximum atomic E-state index is 10.0. The van der Waals surface area contributed by atoms with Crippen LogP contribution in [0.1, 0.15) is 6.92 Å². The zero-order chi connectivity index (χ0) is 7.98. The van der Waals surface area contributed by atoms with Crippen LogP contribution in [-0.2, 0) is 4.79 Å². The van der Waals surface area contributed by atoms with E-state index in [9.17, 15) is 4.79 Å². The third-order valence-electron chi connectivity index (χ3n) is 0.789. The van der Waals surface area contributed by atoms with E-state index in [1.54, 1.807) is 0 Å². The SMILES string of the molecule is CCN=CC=C(N)C(=O)O. The average Bonchev–Trinajstić information content (AvgIpc) is 1.88. The summed E-state index contributed by atoms with van der Waals surface area (Å²) in [6.07, 6.45) is 2.63. The number of aliphatic carboxylic acids is 1. The lowest BCUT2D eigenvalue weighted by Crippen LogP contribution is -2.09. The number of nitrogens with two attached hydrogens (primary N) is 1. The van der Waals surface area contributed by atoms with E-state index in [-0.39, 0.29) is 5.70 Å². The quantitative estimate of drug-likeness (QED) is 0.430. The maximum absolute atomic E-state index is 10.0. The van der Waals surface area contributed by atoms with Gasteiger partial charge in [-0.25, -0.2) is 4.79 Å². The summed E-state index contributed by atoms with van der Waals surface area (Å²) in [7, 11) is 0. The minimum absolute atomic E-state index is 0.197. The third kappa shape index (κ3) is 3.65. The first-order chi connectivity index (χ1) is 4.68. The van der Waals surface area contributed by atoms with Gasteiger partial charge in [0.1, 0.15) is 5.70 Å². The standard InChI is InChI=1S/C6H10N2O2/c1-2-8-4-3-5(7)6(9)10/h3-4H,2,7H2,1H3,(H,9,10). The average molecular weight is 142 g/mol. The van der Waals surface area contributed by atoms with Gasteiger partial charge in [0.15, 0.2) is 0 Å². The molecule has 0 spiro atoms. The monoisotopic (exact) mass is 142 g/mol. The highest BCUT2D eigenvalue weighted by molar-refractivity contribution is 5.91. The Morgan fingerprint density at radius 3 is 2.80 bits per heavy atom. The highest BCUT2D eigenvalue weighted by atomic mass is 16.4. The number of carbonyl (C=O) groups is 1. The summed E-state index contributed by atoms with van der Waals surface area (Å²) in [5, 5.41) is 8.23. The molecule has 0 bridgehead atoms. The lowest BCUT2D eigenvalue weighted by molar-refractivity contribution is -0.132. The van der Waals surface area contributed by atoms with Gasteiger partial charge in [0.25, 0.3) is 0 Å². The lowest BCUT2D eigenvalue weighted by atomic mass is 10.4. The molecule has 0 amide bonds. The van der Waals surface area contributed by atoms with Gasteiger partial charge in [-0.2, -0.15) is 0 Å². The topological polar surface area (TPSA) is 75.7 Å². The van der Waals surface area contributed by atoms with E-state index in [0.717, 1.165) is 0 Å². The molecular weight excluding hydrogens is 132 g/mol. The molecule has 0 aliphatic rings. The first-order valence-corrected chi connectivity index (χ1v) is 2.87. The molecule has 0 saturated carbocycles. The Bertz CT molecular complexity index is 173. The summed E-state index contributed by atoms with van der Waals surface area (Å²) in [5.41, 5.74) is 4.83. The number of carboxylic acid groups (broad SMARTS) is 1.